The number of anilines is 1. The maximum Gasteiger partial charge on any atom is 0.242 e. The van der Waals surface area contributed by atoms with E-state index in [1.165, 1.54) is 10.6 Å². The molecule has 2 aromatic carbocycles. The lowest BCUT2D eigenvalue weighted by Gasteiger charge is -2.31. The minimum Gasteiger partial charge on any atom is -0.354 e. The molecule has 0 bridgehead atoms. The summed E-state index contributed by atoms with van der Waals surface area (Å²) in [5.74, 6) is -0.0280. The molecule has 198 valence electrons. The normalized spacial score (nSPS) is 12.3. The first-order valence-electron chi connectivity index (χ1n) is 12.6. The molecular formula is C28H41N3O4S. The molecule has 7 nitrogen and oxygen atoms in total. The molecule has 0 radical (unpaired) electrons. The fourth-order valence-corrected chi connectivity index (χ4v) is 5.17. The van der Waals surface area contributed by atoms with Gasteiger partial charge in [-0.2, -0.15) is 0 Å². The van der Waals surface area contributed by atoms with Crippen molar-refractivity contribution in [2.75, 3.05) is 23.7 Å². The smallest absolute Gasteiger partial charge is 0.242 e. The topological polar surface area (TPSA) is 86.8 Å². The van der Waals surface area contributed by atoms with Crippen molar-refractivity contribution in [3.05, 3.63) is 65.2 Å². The minimum absolute atomic E-state index is 0.137. The zero-order valence-corrected chi connectivity index (χ0v) is 23.3. The third kappa shape index (κ3) is 8.97. The first-order chi connectivity index (χ1) is 16.9. The number of hydrogen-bond donors (Lipinski definition) is 1. The lowest BCUT2D eigenvalue weighted by molar-refractivity contribution is -0.141. The van der Waals surface area contributed by atoms with Crippen molar-refractivity contribution in [1.29, 1.82) is 0 Å². The van der Waals surface area contributed by atoms with Crippen molar-refractivity contribution in [1.82, 2.24) is 10.2 Å². The summed E-state index contributed by atoms with van der Waals surface area (Å²) in [6.07, 6.45) is 2.15. The SMILES string of the molecule is CC[C@@H](C(=O)NCC(C)C)N(Cc1ccccc1)C(=O)CCCN(c1cc(C)cc(C)c1)S(C)(=O)=O. The number of nitrogens with one attached hydrogen (secondary N) is 1. The molecule has 0 aliphatic heterocycles. The molecule has 0 unspecified atom stereocenters. The van der Waals surface area contributed by atoms with E-state index < -0.39 is 16.1 Å². The van der Waals surface area contributed by atoms with Gasteiger partial charge in [0, 0.05) is 26.1 Å². The Morgan fingerprint density at radius 1 is 1.00 bits per heavy atom. The number of sulfonamides is 1. The third-order valence-corrected chi connectivity index (χ3v) is 7.11. The number of carbonyl (C=O) groups excluding carboxylic acids is 2. The summed E-state index contributed by atoms with van der Waals surface area (Å²) < 4.78 is 26.5. The molecule has 0 aliphatic carbocycles. The molecule has 0 spiro atoms. The van der Waals surface area contributed by atoms with Crippen LogP contribution in [-0.2, 0) is 26.2 Å². The maximum atomic E-state index is 13.4. The van der Waals surface area contributed by atoms with Gasteiger partial charge in [0.05, 0.1) is 11.9 Å². The zero-order chi connectivity index (χ0) is 26.9. The Morgan fingerprint density at radius 3 is 2.14 bits per heavy atom. The Balaban J connectivity index is 2.20. The quantitative estimate of drug-likeness (QED) is 0.428. The summed E-state index contributed by atoms with van der Waals surface area (Å²) in [5, 5.41) is 2.96. The highest BCUT2D eigenvalue weighted by Gasteiger charge is 2.29. The van der Waals surface area contributed by atoms with Crippen LogP contribution in [0.5, 0.6) is 0 Å². The Hall–Kier alpha value is -2.87. The fourth-order valence-electron chi connectivity index (χ4n) is 4.22. The first kappa shape index (κ1) is 29.4. The Kier molecular flexibility index (Phi) is 11.0. The summed E-state index contributed by atoms with van der Waals surface area (Å²) in [6, 6.07) is 14.7. The van der Waals surface area contributed by atoms with Crippen LogP contribution in [0.2, 0.25) is 0 Å². The van der Waals surface area contributed by atoms with Crippen LogP contribution in [0, 0.1) is 19.8 Å². The van der Waals surface area contributed by atoms with Gasteiger partial charge in [-0.25, -0.2) is 8.42 Å². The Bertz CT molecular complexity index is 1100. The molecule has 8 heteroatoms. The summed E-state index contributed by atoms with van der Waals surface area (Å²) in [5.41, 5.74) is 3.49. The Labute approximate surface area is 216 Å². The highest BCUT2D eigenvalue weighted by atomic mass is 32.2. The van der Waals surface area contributed by atoms with Crippen LogP contribution in [-0.4, -0.2) is 50.5 Å². The van der Waals surface area contributed by atoms with Gasteiger partial charge < -0.3 is 10.2 Å². The molecule has 1 N–H and O–H groups in total. The van der Waals surface area contributed by atoms with Gasteiger partial charge in [0.2, 0.25) is 21.8 Å². The van der Waals surface area contributed by atoms with Crippen molar-refractivity contribution < 1.29 is 18.0 Å². The average molecular weight is 516 g/mol. The van der Waals surface area contributed by atoms with Crippen LogP contribution >= 0.6 is 0 Å². The number of nitrogens with zero attached hydrogens (tertiary/aromatic N) is 2. The van der Waals surface area contributed by atoms with E-state index in [4.69, 9.17) is 0 Å². The van der Waals surface area contributed by atoms with E-state index in [0.717, 1.165) is 16.7 Å². The van der Waals surface area contributed by atoms with Crippen LogP contribution in [0.25, 0.3) is 0 Å². The maximum absolute atomic E-state index is 13.4. The molecule has 2 amide bonds. The van der Waals surface area contributed by atoms with E-state index in [2.05, 4.69) is 5.32 Å². The molecule has 0 saturated heterocycles. The predicted octanol–water partition coefficient (Wildman–Crippen LogP) is 4.43. The lowest BCUT2D eigenvalue weighted by Crippen LogP contribution is -2.49. The van der Waals surface area contributed by atoms with Crippen molar-refractivity contribution in [3.63, 3.8) is 0 Å². The molecule has 2 rings (SSSR count). The summed E-state index contributed by atoms with van der Waals surface area (Å²) in [6.45, 7) is 10.9. The molecule has 0 saturated carbocycles. The monoisotopic (exact) mass is 515 g/mol. The number of rotatable bonds is 13. The minimum atomic E-state index is -3.52. The van der Waals surface area contributed by atoms with Crippen LogP contribution in [0.15, 0.2) is 48.5 Å². The van der Waals surface area contributed by atoms with Gasteiger partial charge in [0.15, 0.2) is 0 Å². The van der Waals surface area contributed by atoms with Crippen LogP contribution in [0.1, 0.15) is 56.7 Å². The third-order valence-electron chi connectivity index (χ3n) is 5.91. The van der Waals surface area contributed by atoms with E-state index in [0.29, 0.717) is 37.5 Å². The van der Waals surface area contributed by atoms with E-state index >= 15 is 0 Å². The molecule has 0 fully saturated rings. The van der Waals surface area contributed by atoms with Gasteiger partial charge in [0.25, 0.3) is 0 Å². The molecule has 36 heavy (non-hydrogen) atoms. The van der Waals surface area contributed by atoms with Gasteiger partial charge in [-0.3, -0.25) is 13.9 Å². The van der Waals surface area contributed by atoms with E-state index in [-0.39, 0.29) is 24.8 Å². The number of aryl methyl sites for hydroxylation is 2. The van der Waals surface area contributed by atoms with Crippen LogP contribution in [0.3, 0.4) is 0 Å². The lowest BCUT2D eigenvalue weighted by atomic mass is 10.1. The van der Waals surface area contributed by atoms with E-state index in [9.17, 15) is 18.0 Å². The number of amides is 2. The average Bonchev–Trinajstić information content (AvgIpc) is 2.79. The molecule has 0 heterocycles. The van der Waals surface area contributed by atoms with Crippen molar-refractivity contribution >= 4 is 27.5 Å². The van der Waals surface area contributed by atoms with E-state index in [1.807, 2.05) is 83.1 Å². The highest BCUT2D eigenvalue weighted by molar-refractivity contribution is 7.92. The summed E-state index contributed by atoms with van der Waals surface area (Å²) in [7, 11) is -3.52. The van der Waals surface area contributed by atoms with Gasteiger partial charge in [-0.15, -0.1) is 0 Å². The number of benzene rings is 2. The van der Waals surface area contributed by atoms with Crippen LogP contribution in [0.4, 0.5) is 5.69 Å². The molecule has 0 aliphatic rings. The number of hydrogen-bond acceptors (Lipinski definition) is 4. The van der Waals surface area contributed by atoms with Crippen molar-refractivity contribution in [2.24, 2.45) is 5.92 Å². The van der Waals surface area contributed by atoms with Gasteiger partial charge in [-0.1, -0.05) is 57.2 Å². The molecule has 0 aromatic heterocycles. The molecular weight excluding hydrogens is 474 g/mol. The number of carbonyl (C=O) groups is 2. The highest BCUT2D eigenvalue weighted by Crippen LogP contribution is 2.22. The second kappa shape index (κ2) is 13.4. The second-order valence-electron chi connectivity index (χ2n) is 9.85. The van der Waals surface area contributed by atoms with Gasteiger partial charge in [-0.05, 0) is 61.4 Å². The second-order valence-corrected chi connectivity index (χ2v) is 11.8. The Morgan fingerprint density at radius 2 is 1.61 bits per heavy atom. The molecule has 1 atom stereocenters. The molecule has 2 aromatic rings. The van der Waals surface area contributed by atoms with Gasteiger partial charge >= 0.3 is 0 Å². The zero-order valence-electron chi connectivity index (χ0n) is 22.5. The van der Waals surface area contributed by atoms with Crippen molar-refractivity contribution in [3.8, 4) is 0 Å². The summed E-state index contributed by atoms with van der Waals surface area (Å²) >= 11 is 0. The fraction of sp³-hybridized carbons (Fsp3) is 0.500. The standard InChI is InChI=1S/C28H41N3O4S/c1-7-26(28(33)29-19-21(2)3)30(20-24-12-9-8-10-13-24)27(32)14-11-15-31(36(6,34)35)25-17-22(4)16-23(5)18-25/h8-10,12-13,16-18,21,26H,7,11,14-15,19-20H2,1-6H3,(H,29,33)/t26-/m0/s1. The van der Waals surface area contributed by atoms with Crippen molar-refractivity contribution in [2.45, 2.75) is 66.5 Å². The first-order valence-corrected chi connectivity index (χ1v) is 14.4. The largest absolute Gasteiger partial charge is 0.354 e. The predicted molar refractivity (Wildman–Crippen MR) is 146 cm³/mol. The van der Waals surface area contributed by atoms with Crippen LogP contribution < -0.4 is 9.62 Å². The van der Waals surface area contributed by atoms with E-state index in [1.54, 1.807) is 4.90 Å². The van der Waals surface area contributed by atoms with Gasteiger partial charge in [0.1, 0.15) is 6.04 Å². The summed E-state index contributed by atoms with van der Waals surface area (Å²) in [4.78, 5) is 28.1.